The molecule has 1 aliphatic rings. The van der Waals surface area contributed by atoms with Gasteiger partial charge >= 0.3 is 0 Å². The van der Waals surface area contributed by atoms with Gasteiger partial charge in [-0.05, 0) is 5.56 Å². The number of nitrogens with zero attached hydrogens (tertiary/aromatic N) is 3. The van der Waals surface area contributed by atoms with Crippen LogP contribution in [0.5, 0.6) is 0 Å². The summed E-state index contributed by atoms with van der Waals surface area (Å²) in [4.78, 5) is 12.2. The molecule has 1 aromatic carbocycles. The average molecular weight is 286 g/mol. The van der Waals surface area contributed by atoms with Crippen molar-refractivity contribution in [1.29, 1.82) is 0 Å². The van der Waals surface area contributed by atoms with E-state index in [0.717, 1.165) is 5.56 Å². The minimum Gasteiger partial charge on any atom is -0.380 e. The number of hydrogen-bond donors (Lipinski definition) is 1. The van der Waals surface area contributed by atoms with Gasteiger partial charge in [-0.1, -0.05) is 42.5 Å². The number of carbonyl (C=O) groups is 1. The SMILES string of the molecule is CC1(Cn2nncc2C(=O)NCc2ccccc2)COC1. The molecule has 1 amide bonds. The molecule has 6 nitrogen and oxygen atoms in total. The topological polar surface area (TPSA) is 69.0 Å². The standard InChI is InChI=1S/C15H18N4O2/c1-15(10-21-11-15)9-19-13(8-17-18-19)14(20)16-7-12-5-3-2-4-6-12/h2-6,8H,7,9-11H2,1H3,(H,16,20). The smallest absolute Gasteiger partial charge is 0.271 e. The van der Waals surface area contributed by atoms with Crippen molar-refractivity contribution < 1.29 is 9.53 Å². The van der Waals surface area contributed by atoms with Crippen molar-refractivity contribution in [2.75, 3.05) is 13.2 Å². The zero-order chi connectivity index (χ0) is 14.7. The second-order valence-corrected chi connectivity index (χ2v) is 5.75. The third kappa shape index (κ3) is 3.11. The highest BCUT2D eigenvalue weighted by atomic mass is 16.5. The van der Waals surface area contributed by atoms with Gasteiger partial charge in [0, 0.05) is 12.0 Å². The first-order valence-electron chi connectivity index (χ1n) is 6.95. The van der Waals surface area contributed by atoms with Gasteiger partial charge in [0.2, 0.25) is 0 Å². The van der Waals surface area contributed by atoms with Crippen molar-refractivity contribution in [3.8, 4) is 0 Å². The predicted octanol–water partition coefficient (Wildman–Crippen LogP) is 1.24. The maximum absolute atomic E-state index is 12.2. The molecule has 1 aliphatic heterocycles. The van der Waals surface area contributed by atoms with Crippen molar-refractivity contribution in [1.82, 2.24) is 20.3 Å². The molecule has 0 bridgehead atoms. The summed E-state index contributed by atoms with van der Waals surface area (Å²) in [5, 5.41) is 10.8. The maximum Gasteiger partial charge on any atom is 0.271 e. The second kappa shape index (κ2) is 5.65. The number of ether oxygens (including phenoxy) is 1. The Balaban J connectivity index is 1.63. The normalized spacial score (nSPS) is 16.2. The van der Waals surface area contributed by atoms with E-state index in [9.17, 15) is 4.79 Å². The van der Waals surface area contributed by atoms with Crippen LogP contribution in [0, 0.1) is 5.41 Å². The van der Waals surface area contributed by atoms with E-state index in [1.165, 1.54) is 6.20 Å². The molecule has 0 radical (unpaired) electrons. The third-order valence-electron chi connectivity index (χ3n) is 3.58. The lowest BCUT2D eigenvalue weighted by molar-refractivity contribution is -0.111. The summed E-state index contributed by atoms with van der Waals surface area (Å²) in [6.45, 7) is 4.63. The third-order valence-corrected chi connectivity index (χ3v) is 3.58. The zero-order valence-corrected chi connectivity index (χ0v) is 12.0. The Bertz CT molecular complexity index is 620. The van der Waals surface area contributed by atoms with E-state index in [2.05, 4.69) is 22.6 Å². The van der Waals surface area contributed by atoms with Crippen LogP contribution in [0.25, 0.3) is 0 Å². The minimum atomic E-state index is -0.160. The number of benzene rings is 1. The molecule has 1 saturated heterocycles. The number of nitrogens with one attached hydrogen (secondary N) is 1. The molecular weight excluding hydrogens is 268 g/mol. The van der Waals surface area contributed by atoms with Gasteiger partial charge in [-0.25, -0.2) is 4.68 Å². The second-order valence-electron chi connectivity index (χ2n) is 5.75. The number of amides is 1. The van der Waals surface area contributed by atoms with Crippen molar-refractivity contribution in [2.24, 2.45) is 5.41 Å². The van der Waals surface area contributed by atoms with Gasteiger partial charge in [0.05, 0.1) is 26.0 Å². The number of rotatable bonds is 5. The molecule has 2 aromatic rings. The highest BCUT2D eigenvalue weighted by Gasteiger charge is 2.35. The molecule has 6 heteroatoms. The monoisotopic (exact) mass is 286 g/mol. The number of carbonyl (C=O) groups excluding carboxylic acids is 1. The fraction of sp³-hybridized carbons (Fsp3) is 0.400. The number of aromatic nitrogens is 3. The molecule has 0 unspecified atom stereocenters. The van der Waals surface area contributed by atoms with E-state index < -0.39 is 0 Å². The van der Waals surface area contributed by atoms with Crippen LogP contribution in [0.2, 0.25) is 0 Å². The van der Waals surface area contributed by atoms with Crippen LogP contribution < -0.4 is 5.32 Å². The summed E-state index contributed by atoms with van der Waals surface area (Å²) in [6.07, 6.45) is 1.50. The average Bonchev–Trinajstić information content (AvgIpc) is 2.92. The van der Waals surface area contributed by atoms with E-state index in [1.807, 2.05) is 30.3 Å². The summed E-state index contributed by atoms with van der Waals surface area (Å²) in [7, 11) is 0. The molecule has 2 heterocycles. The van der Waals surface area contributed by atoms with Gasteiger partial charge in [-0.2, -0.15) is 0 Å². The molecule has 0 atom stereocenters. The molecule has 110 valence electrons. The minimum absolute atomic E-state index is 0.0438. The first kappa shape index (κ1) is 13.8. The Kier molecular flexibility index (Phi) is 3.70. The van der Waals surface area contributed by atoms with Crippen molar-refractivity contribution in [2.45, 2.75) is 20.0 Å². The van der Waals surface area contributed by atoms with Crippen LogP contribution in [0.1, 0.15) is 23.0 Å². The van der Waals surface area contributed by atoms with Crippen molar-refractivity contribution in [3.63, 3.8) is 0 Å². The van der Waals surface area contributed by atoms with E-state index in [-0.39, 0.29) is 11.3 Å². The molecule has 1 N–H and O–H groups in total. The molecule has 1 aromatic heterocycles. The first-order valence-corrected chi connectivity index (χ1v) is 6.95. The Morgan fingerprint density at radius 2 is 2.14 bits per heavy atom. The van der Waals surface area contributed by atoms with Gasteiger partial charge in [-0.15, -0.1) is 5.10 Å². The quantitative estimate of drug-likeness (QED) is 0.898. The van der Waals surface area contributed by atoms with E-state index in [4.69, 9.17) is 4.74 Å². The van der Waals surface area contributed by atoms with Crippen LogP contribution in [-0.4, -0.2) is 34.1 Å². The highest BCUT2D eigenvalue weighted by Crippen LogP contribution is 2.28. The van der Waals surface area contributed by atoms with E-state index in [1.54, 1.807) is 4.68 Å². The van der Waals surface area contributed by atoms with Gasteiger partial charge < -0.3 is 10.1 Å². The number of hydrogen-bond acceptors (Lipinski definition) is 4. The van der Waals surface area contributed by atoms with Crippen LogP contribution in [0.3, 0.4) is 0 Å². The summed E-state index contributed by atoms with van der Waals surface area (Å²) < 4.78 is 6.89. The Morgan fingerprint density at radius 1 is 1.38 bits per heavy atom. The van der Waals surface area contributed by atoms with Crippen molar-refractivity contribution in [3.05, 3.63) is 47.8 Å². The molecule has 0 spiro atoms. The van der Waals surface area contributed by atoms with Crippen LogP contribution in [-0.2, 0) is 17.8 Å². The fourth-order valence-corrected chi connectivity index (χ4v) is 2.32. The van der Waals surface area contributed by atoms with Crippen LogP contribution in [0.4, 0.5) is 0 Å². The fourth-order valence-electron chi connectivity index (χ4n) is 2.32. The summed E-state index contributed by atoms with van der Waals surface area (Å²) in [5.74, 6) is -0.160. The van der Waals surface area contributed by atoms with Crippen LogP contribution >= 0.6 is 0 Å². The Labute approximate surface area is 123 Å². The Morgan fingerprint density at radius 3 is 2.81 bits per heavy atom. The van der Waals surface area contributed by atoms with E-state index >= 15 is 0 Å². The lowest BCUT2D eigenvalue weighted by Gasteiger charge is -2.37. The largest absolute Gasteiger partial charge is 0.380 e. The molecule has 1 fully saturated rings. The van der Waals surface area contributed by atoms with Crippen LogP contribution in [0.15, 0.2) is 36.5 Å². The van der Waals surface area contributed by atoms with E-state index in [0.29, 0.717) is 32.0 Å². The lowest BCUT2D eigenvalue weighted by atomic mass is 9.89. The van der Waals surface area contributed by atoms with Gasteiger partial charge in [0.25, 0.3) is 5.91 Å². The van der Waals surface area contributed by atoms with Crippen molar-refractivity contribution >= 4 is 5.91 Å². The summed E-state index contributed by atoms with van der Waals surface area (Å²) in [5.41, 5.74) is 1.59. The first-order chi connectivity index (χ1) is 10.2. The molecule has 3 rings (SSSR count). The summed E-state index contributed by atoms with van der Waals surface area (Å²) in [6, 6.07) is 9.80. The zero-order valence-electron chi connectivity index (χ0n) is 12.0. The summed E-state index contributed by atoms with van der Waals surface area (Å²) >= 11 is 0. The maximum atomic E-state index is 12.2. The molecule has 0 saturated carbocycles. The molecule has 0 aliphatic carbocycles. The molecular formula is C15H18N4O2. The van der Waals surface area contributed by atoms with Gasteiger partial charge in [0.15, 0.2) is 0 Å². The molecule has 21 heavy (non-hydrogen) atoms. The lowest BCUT2D eigenvalue weighted by Crippen LogP contribution is -2.44. The Hall–Kier alpha value is -2.21. The van der Waals surface area contributed by atoms with Gasteiger partial charge in [0.1, 0.15) is 5.69 Å². The van der Waals surface area contributed by atoms with Gasteiger partial charge in [-0.3, -0.25) is 4.79 Å². The highest BCUT2D eigenvalue weighted by molar-refractivity contribution is 5.92. The predicted molar refractivity (Wildman–Crippen MR) is 76.6 cm³/mol.